The van der Waals surface area contributed by atoms with Gasteiger partial charge in [0.2, 0.25) is 0 Å². The second kappa shape index (κ2) is 6.94. The van der Waals surface area contributed by atoms with Crippen LogP contribution in [0.5, 0.6) is 0 Å². The van der Waals surface area contributed by atoms with Crippen molar-refractivity contribution in [3.8, 4) is 0 Å². The Balaban J connectivity index is 2.83. The van der Waals surface area contributed by atoms with Crippen molar-refractivity contribution in [3.63, 3.8) is 0 Å². The van der Waals surface area contributed by atoms with E-state index in [1.807, 2.05) is 6.92 Å². The molecule has 1 rings (SSSR count). The summed E-state index contributed by atoms with van der Waals surface area (Å²) in [4.78, 5) is 15.0. The van der Waals surface area contributed by atoms with Gasteiger partial charge in [0.15, 0.2) is 9.90 Å². The number of carbonyl (C=O) groups excluding carboxylic acids is 1. The molecule has 0 amide bonds. The fraction of sp³-hybridized carbons (Fsp3) is 0.600. The zero-order valence-electron chi connectivity index (χ0n) is 10.6. The summed E-state index contributed by atoms with van der Waals surface area (Å²) in [5.74, 6) is -0.810. The highest BCUT2D eigenvalue weighted by molar-refractivity contribution is 7.91. The van der Waals surface area contributed by atoms with Gasteiger partial charge in [0, 0.05) is 6.54 Å². The third-order valence-electron chi connectivity index (χ3n) is 2.29. The average Bonchev–Trinajstić information content (AvgIpc) is 2.86. The first-order valence-corrected chi connectivity index (χ1v) is 7.98. The lowest BCUT2D eigenvalue weighted by Crippen LogP contribution is -2.32. The summed E-state index contributed by atoms with van der Waals surface area (Å²) in [6.07, 6.45) is 0.487. The van der Waals surface area contributed by atoms with Crippen LogP contribution in [0.15, 0.2) is 9.72 Å². The fourth-order valence-electron chi connectivity index (χ4n) is 1.37. The van der Waals surface area contributed by atoms with E-state index in [9.17, 15) is 18.3 Å². The first-order valence-electron chi connectivity index (χ1n) is 5.62. The van der Waals surface area contributed by atoms with Crippen LogP contribution in [0.1, 0.15) is 30.3 Å². The van der Waals surface area contributed by atoms with E-state index in [0.29, 0.717) is 6.42 Å². The predicted octanol–water partition coefficient (Wildman–Crippen LogP) is 0.369. The SMILES string of the molecule is CCCC(O)CNS(=O)(=O)c1scnc1C(=O)OC. The highest BCUT2D eigenvalue weighted by Crippen LogP contribution is 2.20. The maximum atomic E-state index is 12.0. The average molecular weight is 308 g/mol. The number of rotatable bonds is 7. The number of nitrogens with one attached hydrogen (secondary N) is 1. The van der Waals surface area contributed by atoms with Gasteiger partial charge in [-0.3, -0.25) is 0 Å². The number of aliphatic hydroxyl groups excluding tert-OH is 1. The number of carbonyl (C=O) groups is 1. The van der Waals surface area contributed by atoms with E-state index in [1.165, 1.54) is 5.51 Å². The van der Waals surface area contributed by atoms with Gasteiger partial charge in [-0.05, 0) is 6.42 Å². The molecule has 0 saturated heterocycles. The van der Waals surface area contributed by atoms with Gasteiger partial charge < -0.3 is 9.84 Å². The van der Waals surface area contributed by atoms with Crippen LogP contribution in [0.2, 0.25) is 0 Å². The van der Waals surface area contributed by atoms with Gasteiger partial charge in [0.25, 0.3) is 10.0 Å². The van der Waals surface area contributed by atoms with E-state index in [0.717, 1.165) is 24.9 Å². The molecule has 2 N–H and O–H groups in total. The summed E-state index contributed by atoms with van der Waals surface area (Å²) >= 11 is 0.821. The van der Waals surface area contributed by atoms with Crippen LogP contribution in [0, 0.1) is 0 Å². The zero-order chi connectivity index (χ0) is 14.5. The number of esters is 1. The summed E-state index contributed by atoms with van der Waals surface area (Å²) < 4.78 is 30.5. The van der Waals surface area contributed by atoms with Gasteiger partial charge in [-0.15, -0.1) is 11.3 Å². The molecule has 0 saturated carbocycles. The highest BCUT2D eigenvalue weighted by atomic mass is 32.2. The van der Waals surface area contributed by atoms with Crippen LogP contribution in [0.3, 0.4) is 0 Å². The van der Waals surface area contributed by atoms with Crippen molar-refractivity contribution in [3.05, 3.63) is 11.2 Å². The van der Waals surface area contributed by atoms with Crippen molar-refractivity contribution < 1.29 is 23.1 Å². The normalized spacial score (nSPS) is 13.2. The number of sulfonamides is 1. The molecule has 19 heavy (non-hydrogen) atoms. The molecule has 0 spiro atoms. The van der Waals surface area contributed by atoms with E-state index < -0.39 is 22.1 Å². The molecule has 108 valence electrons. The van der Waals surface area contributed by atoms with E-state index in [1.54, 1.807) is 0 Å². The molecule has 0 aliphatic heterocycles. The van der Waals surface area contributed by atoms with Crippen LogP contribution in [-0.4, -0.2) is 44.2 Å². The minimum absolute atomic E-state index is 0.102. The van der Waals surface area contributed by atoms with E-state index >= 15 is 0 Å². The quantitative estimate of drug-likeness (QED) is 0.705. The van der Waals surface area contributed by atoms with Gasteiger partial charge in [-0.1, -0.05) is 13.3 Å². The minimum Gasteiger partial charge on any atom is -0.464 e. The summed E-state index contributed by atoms with van der Waals surface area (Å²) in [5.41, 5.74) is 1.01. The molecule has 0 radical (unpaired) electrons. The molecule has 1 atom stereocenters. The third-order valence-corrected chi connectivity index (χ3v) is 5.08. The summed E-state index contributed by atoms with van der Waals surface area (Å²) in [7, 11) is -2.72. The number of aromatic nitrogens is 1. The lowest BCUT2D eigenvalue weighted by Gasteiger charge is -2.10. The summed E-state index contributed by atoms with van der Waals surface area (Å²) in [5, 5.41) is 9.50. The topological polar surface area (TPSA) is 106 Å². The van der Waals surface area contributed by atoms with Crippen LogP contribution in [0.4, 0.5) is 0 Å². The van der Waals surface area contributed by atoms with Gasteiger partial charge in [0.1, 0.15) is 0 Å². The van der Waals surface area contributed by atoms with Gasteiger partial charge in [0.05, 0.1) is 18.7 Å². The van der Waals surface area contributed by atoms with Crippen molar-refractivity contribution in [1.29, 1.82) is 0 Å². The number of nitrogens with zero attached hydrogens (tertiary/aromatic N) is 1. The van der Waals surface area contributed by atoms with Crippen molar-refractivity contribution in [2.75, 3.05) is 13.7 Å². The second-order valence-electron chi connectivity index (χ2n) is 3.77. The van der Waals surface area contributed by atoms with Crippen molar-refractivity contribution >= 4 is 27.3 Å². The Bertz CT molecular complexity index is 526. The van der Waals surface area contributed by atoms with Gasteiger partial charge >= 0.3 is 5.97 Å². The number of aliphatic hydroxyl groups is 1. The predicted molar refractivity (Wildman–Crippen MR) is 69.6 cm³/mol. The number of hydrogen-bond donors (Lipinski definition) is 2. The monoisotopic (exact) mass is 308 g/mol. The number of ether oxygens (including phenoxy) is 1. The first-order chi connectivity index (χ1) is 8.92. The van der Waals surface area contributed by atoms with E-state index in [-0.39, 0.29) is 16.4 Å². The number of methoxy groups -OCH3 is 1. The Hall–Kier alpha value is -1.03. The Morgan fingerprint density at radius 1 is 1.63 bits per heavy atom. The van der Waals surface area contributed by atoms with Crippen molar-refractivity contribution in [1.82, 2.24) is 9.71 Å². The molecule has 0 aliphatic carbocycles. The molecule has 0 fully saturated rings. The van der Waals surface area contributed by atoms with Crippen LogP contribution in [-0.2, 0) is 14.8 Å². The number of hydrogen-bond acceptors (Lipinski definition) is 7. The molecule has 9 heteroatoms. The molecule has 1 aromatic rings. The van der Waals surface area contributed by atoms with Crippen LogP contribution in [0.25, 0.3) is 0 Å². The third kappa shape index (κ3) is 4.23. The van der Waals surface area contributed by atoms with Gasteiger partial charge in [-0.2, -0.15) is 0 Å². The maximum Gasteiger partial charge on any atom is 0.358 e. The van der Waals surface area contributed by atoms with Crippen molar-refractivity contribution in [2.45, 2.75) is 30.1 Å². The molecule has 1 aromatic heterocycles. The zero-order valence-corrected chi connectivity index (χ0v) is 12.3. The number of thiazole rings is 1. The standard InChI is InChI=1S/C10H16N2O5S2/c1-3-4-7(13)5-12-19(15,16)10-8(9(14)17-2)11-6-18-10/h6-7,12-13H,3-5H2,1-2H3. The lowest BCUT2D eigenvalue weighted by atomic mass is 10.2. The van der Waals surface area contributed by atoms with E-state index in [2.05, 4.69) is 14.4 Å². The Kier molecular flexibility index (Phi) is 5.85. The van der Waals surface area contributed by atoms with Crippen LogP contribution >= 0.6 is 11.3 Å². The van der Waals surface area contributed by atoms with E-state index in [4.69, 9.17) is 0 Å². The molecule has 0 aliphatic rings. The molecular formula is C10H16N2O5S2. The molecule has 1 unspecified atom stereocenters. The minimum atomic E-state index is -3.87. The van der Waals surface area contributed by atoms with Crippen LogP contribution < -0.4 is 4.72 Å². The first kappa shape index (κ1) is 16.0. The second-order valence-corrected chi connectivity index (χ2v) is 6.59. The molecule has 1 heterocycles. The molecule has 0 bridgehead atoms. The lowest BCUT2D eigenvalue weighted by molar-refractivity contribution is 0.0590. The molecule has 7 nitrogen and oxygen atoms in total. The Morgan fingerprint density at radius 2 is 2.32 bits per heavy atom. The Morgan fingerprint density at radius 3 is 2.89 bits per heavy atom. The maximum absolute atomic E-state index is 12.0. The summed E-state index contributed by atoms with van der Waals surface area (Å²) in [6, 6.07) is 0. The highest BCUT2D eigenvalue weighted by Gasteiger charge is 2.26. The van der Waals surface area contributed by atoms with Crippen molar-refractivity contribution in [2.24, 2.45) is 0 Å². The fourth-order valence-corrected chi connectivity index (χ4v) is 3.61. The largest absolute Gasteiger partial charge is 0.464 e. The molecular weight excluding hydrogens is 292 g/mol. The summed E-state index contributed by atoms with van der Waals surface area (Å²) in [6.45, 7) is 1.78. The Labute approximate surface area is 115 Å². The molecule has 0 aromatic carbocycles. The smallest absolute Gasteiger partial charge is 0.358 e. The van der Waals surface area contributed by atoms with Gasteiger partial charge in [-0.25, -0.2) is 22.9 Å².